The summed E-state index contributed by atoms with van der Waals surface area (Å²) in [5.41, 5.74) is 5.19. The molecule has 0 amide bonds. The average molecular weight is 268 g/mol. The van der Waals surface area contributed by atoms with E-state index in [2.05, 4.69) is 11.1 Å². The Morgan fingerprint density at radius 3 is 2.85 bits per heavy atom. The van der Waals surface area contributed by atoms with Gasteiger partial charge in [0.2, 0.25) is 0 Å². The lowest BCUT2D eigenvalue weighted by atomic mass is 9.99. The van der Waals surface area contributed by atoms with Gasteiger partial charge in [-0.1, -0.05) is 18.6 Å². The van der Waals surface area contributed by atoms with Crippen molar-refractivity contribution < 1.29 is 5.11 Å². The predicted octanol–water partition coefficient (Wildman–Crippen LogP) is 3.14. The Morgan fingerprint density at radius 2 is 2.05 bits per heavy atom. The standard InChI is InChI=1S/C17H20N2O/c1-12-10-13-6-3-2-4-8-15(13)19-16(12)17(20)14-7-5-9-18-11-14/h5,7,9-11,17,20H,2-4,6,8H2,1H3/t17-/m1/s1. The number of pyridine rings is 2. The van der Waals surface area contributed by atoms with Gasteiger partial charge in [-0.05, 0) is 49.8 Å². The van der Waals surface area contributed by atoms with Gasteiger partial charge in [-0.25, -0.2) is 0 Å². The molecule has 0 unspecified atom stereocenters. The third-order valence-corrected chi connectivity index (χ3v) is 4.04. The third kappa shape index (κ3) is 2.59. The van der Waals surface area contributed by atoms with Crippen LogP contribution in [0.5, 0.6) is 0 Å². The molecule has 0 fully saturated rings. The van der Waals surface area contributed by atoms with Gasteiger partial charge in [0.25, 0.3) is 0 Å². The Hall–Kier alpha value is -1.74. The molecular weight excluding hydrogens is 248 g/mol. The molecule has 2 heterocycles. The van der Waals surface area contributed by atoms with E-state index in [4.69, 9.17) is 4.98 Å². The Morgan fingerprint density at radius 1 is 1.20 bits per heavy atom. The van der Waals surface area contributed by atoms with Gasteiger partial charge in [0.15, 0.2) is 0 Å². The molecule has 0 radical (unpaired) electrons. The molecule has 104 valence electrons. The molecule has 2 aromatic rings. The van der Waals surface area contributed by atoms with Gasteiger partial charge in [0, 0.05) is 23.7 Å². The summed E-state index contributed by atoms with van der Waals surface area (Å²) < 4.78 is 0. The first kappa shape index (κ1) is 13.3. The molecule has 1 atom stereocenters. The van der Waals surface area contributed by atoms with Gasteiger partial charge in [0.05, 0.1) is 5.69 Å². The Balaban J connectivity index is 1.99. The fourth-order valence-electron chi connectivity index (χ4n) is 2.91. The number of aliphatic hydroxyl groups excluding tert-OH is 1. The summed E-state index contributed by atoms with van der Waals surface area (Å²) in [6, 6.07) is 5.95. The van der Waals surface area contributed by atoms with E-state index in [1.165, 1.54) is 30.5 Å². The van der Waals surface area contributed by atoms with E-state index in [0.29, 0.717) is 0 Å². The monoisotopic (exact) mass is 268 g/mol. The van der Waals surface area contributed by atoms with Crippen LogP contribution < -0.4 is 0 Å². The average Bonchev–Trinajstić information content (AvgIpc) is 2.71. The van der Waals surface area contributed by atoms with Crippen LogP contribution in [0.4, 0.5) is 0 Å². The van der Waals surface area contributed by atoms with Crippen LogP contribution in [0.25, 0.3) is 0 Å². The number of rotatable bonds is 2. The number of aromatic nitrogens is 2. The lowest BCUT2D eigenvalue weighted by Gasteiger charge is -2.16. The maximum atomic E-state index is 10.5. The Kier molecular flexibility index (Phi) is 3.79. The highest BCUT2D eigenvalue weighted by Gasteiger charge is 2.18. The molecule has 2 aromatic heterocycles. The minimum absolute atomic E-state index is 0.683. The van der Waals surface area contributed by atoms with Gasteiger partial charge in [-0.3, -0.25) is 9.97 Å². The molecule has 0 aromatic carbocycles. The lowest BCUT2D eigenvalue weighted by Crippen LogP contribution is -2.09. The zero-order chi connectivity index (χ0) is 13.9. The summed E-state index contributed by atoms with van der Waals surface area (Å²) in [7, 11) is 0. The maximum Gasteiger partial charge on any atom is 0.123 e. The first-order valence-corrected chi connectivity index (χ1v) is 7.33. The van der Waals surface area contributed by atoms with Crippen LogP contribution in [-0.2, 0) is 12.8 Å². The molecule has 3 heteroatoms. The molecule has 1 N–H and O–H groups in total. The molecule has 0 bridgehead atoms. The van der Waals surface area contributed by atoms with Crippen LogP contribution in [0.2, 0.25) is 0 Å². The van der Waals surface area contributed by atoms with Crippen LogP contribution >= 0.6 is 0 Å². The van der Waals surface area contributed by atoms with Crippen molar-refractivity contribution in [3.8, 4) is 0 Å². The van der Waals surface area contributed by atoms with Crippen LogP contribution in [0, 0.1) is 6.92 Å². The highest BCUT2D eigenvalue weighted by Crippen LogP contribution is 2.27. The van der Waals surface area contributed by atoms with Gasteiger partial charge < -0.3 is 5.11 Å². The normalized spacial score (nSPS) is 16.3. The summed E-state index contributed by atoms with van der Waals surface area (Å²) in [4.78, 5) is 8.85. The third-order valence-electron chi connectivity index (χ3n) is 4.04. The molecule has 0 saturated heterocycles. The second-order valence-electron chi connectivity index (χ2n) is 5.55. The quantitative estimate of drug-likeness (QED) is 0.851. The van der Waals surface area contributed by atoms with E-state index >= 15 is 0 Å². The highest BCUT2D eigenvalue weighted by molar-refractivity contribution is 5.35. The van der Waals surface area contributed by atoms with Crippen molar-refractivity contribution in [2.45, 2.75) is 45.1 Å². The fraction of sp³-hybridized carbons (Fsp3) is 0.412. The summed E-state index contributed by atoms with van der Waals surface area (Å²) >= 11 is 0. The van der Waals surface area contributed by atoms with E-state index in [-0.39, 0.29) is 0 Å². The van der Waals surface area contributed by atoms with E-state index in [0.717, 1.165) is 29.7 Å². The summed E-state index contributed by atoms with van der Waals surface area (Å²) in [5.74, 6) is 0. The summed E-state index contributed by atoms with van der Waals surface area (Å²) in [6.45, 7) is 2.03. The van der Waals surface area contributed by atoms with Gasteiger partial charge in [0.1, 0.15) is 6.10 Å². The highest BCUT2D eigenvalue weighted by atomic mass is 16.3. The molecule has 1 aliphatic rings. The van der Waals surface area contributed by atoms with Crippen molar-refractivity contribution in [2.75, 3.05) is 0 Å². The van der Waals surface area contributed by atoms with E-state index < -0.39 is 6.10 Å². The number of aryl methyl sites for hydroxylation is 3. The SMILES string of the molecule is Cc1cc2c(nc1[C@H](O)c1cccnc1)CCCCC2. The van der Waals surface area contributed by atoms with Crippen LogP contribution in [-0.4, -0.2) is 15.1 Å². The fourth-order valence-corrected chi connectivity index (χ4v) is 2.91. The van der Waals surface area contributed by atoms with Gasteiger partial charge in [-0.15, -0.1) is 0 Å². The molecule has 3 nitrogen and oxygen atoms in total. The zero-order valence-corrected chi connectivity index (χ0v) is 11.8. The van der Waals surface area contributed by atoms with Gasteiger partial charge >= 0.3 is 0 Å². The van der Waals surface area contributed by atoms with E-state index in [1.54, 1.807) is 12.4 Å². The minimum Gasteiger partial charge on any atom is -0.382 e. The first-order chi connectivity index (χ1) is 9.75. The van der Waals surface area contributed by atoms with E-state index in [1.807, 2.05) is 19.1 Å². The largest absolute Gasteiger partial charge is 0.382 e. The molecule has 20 heavy (non-hydrogen) atoms. The Labute approximate surface area is 119 Å². The van der Waals surface area contributed by atoms with Crippen molar-refractivity contribution in [1.82, 2.24) is 9.97 Å². The molecule has 0 saturated carbocycles. The number of nitrogens with zero attached hydrogens (tertiary/aromatic N) is 2. The van der Waals surface area contributed by atoms with Gasteiger partial charge in [-0.2, -0.15) is 0 Å². The lowest BCUT2D eigenvalue weighted by molar-refractivity contribution is 0.213. The van der Waals surface area contributed by atoms with Crippen molar-refractivity contribution in [2.24, 2.45) is 0 Å². The second-order valence-corrected chi connectivity index (χ2v) is 5.55. The second kappa shape index (κ2) is 5.71. The zero-order valence-electron chi connectivity index (χ0n) is 11.8. The van der Waals surface area contributed by atoms with Crippen LogP contribution in [0.15, 0.2) is 30.6 Å². The van der Waals surface area contributed by atoms with Crippen LogP contribution in [0.1, 0.15) is 53.4 Å². The number of fused-ring (bicyclic) bond motifs is 1. The predicted molar refractivity (Wildman–Crippen MR) is 78.5 cm³/mol. The van der Waals surface area contributed by atoms with Crippen molar-refractivity contribution in [3.05, 3.63) is 58.7 Å². The number of hydrogen-bond donors (Lipinski definition) is 1. The number of hydrogen-bond acceptors (Lipinski definition) is 3. The van der Waals surface area contributed by atoms with Crippen molar-refractivity contribution in [3.63, 3.8) is 0 Å². The first-order valence-electron chi connectivity index (χ1n) is 7.33. The van der Waals surface area contributed by atoms with E-state index in [9.17, 15) is 5.11 Å². The Bertz CT molecular complexity index is 595. The molecule has 3 rings (SSSR count). The topological polar surface area (TPSA) is 46.0 Å². The number of aliphatic hydroxyl groups is 1. The smallest absolute Gasteiger partial charge is 0.123 e. The van der Waals surface area contributed by atoms with Crippen molar-refractivity contribution >= 4 is 0 Å². The molecule has 1 aliphatic carbocycles. The minimum atomic E-state index is -0.683. The maximum absolute atomic E-state index is 10.5. The van der Waals surface area contributed by atoms with Crippen molar-refractivity contribution in [1.29, 1.82) is 0 Å². The summed E-state index contributed by atoms with van der Waals surface area (Å²) in [5, 5.41) is 10.5. The molecule has 0 spiro atoms. The van der Waals surface area contributed by atoms with Crippen LogP contribution in [0.3, 0.4) is 0 Å². The molecular formula is C17H20N2O. The molecule has 0 aliphatic heterocycles. The summed E-state index contributed by atoms with van der Waals surface area (Å²) in [6.07, 6.45) is 8.61.